The van der Waals surface area contributed by atoms with Crippen molar-refractivity contribution in [2.75, 3.05) is 5.32 Å². The molecule has 0 radical (unpaired) electrons. The van der Waals surface area contributed by atoms with Crippen molar-refractivity contribution in [2.24, 2.45) is 0 Å². The lowest BCUT2D eigenvalue weighted by molar-refractivity contribution is -0.116. The summed E-state index contributed by atoms with van der Waals surface area (Å²) < 4.78 is 1.57. The van der Waals surface area contributed by atoms with E-state index in [0.29, 0.717) is 28.9 Å². The van der Waals surface area contributed by atoms with Gasteiger partial charge in [0.15, 0.2) is 0 Å². The number of hydrogen-bond donors (Lipinski definition) is 1. The molecule has 1 N–H and O–H groups in total. The Morgan fingerprint density at radius 1 is 1.10 bits per heavy atom. The smallest absolute Gasteiger partial charge is 0.272 e. The predicted octanol–water partition coefficient (Wildman–Crippen LogP) is 4.47. The molecule has 1 amide bonds. The third kappa shape index (κ3) is 3.47. The SMILES string of the molecule is Cc1ccccc1[C@@H]1CC(=O)Nc2c1c(C)nn2-c1nncc(-c2ccc(Cl)cc2)n1. The Balaban J connectivity index is 1.63. The second-order valence-corrected chi connectivity index (χ2v) is 8.01. The maximum Gasteiger partial charge on any atom is 0.272 e. The highest BCUT2D eigenvalue weighted by atomic mass is 35.5. The minimum absolute atomic E-state index is 0.0660. The van der Waals surface area contributed by atoms with Gasteiger partial charge in [0, 0.05) is 28.5 Å². The molecule has 0 saturated heterocycles. The van der Waals surface area contributed by atoms with Crippen LogP contribution in [0.3, 0.4) is 0 Å². The summed E-state index contributed by atoms with van der Waals surface area (Å²) in [6.07, 6.45) is 1.96. The van der Waals surface area contributed by atoms with Crippen LogP contribution in [0, 0.1) is 13.8 Å². The number of aromatic nitrogens is 5. The molecule has 5 rings (SSSR count). The van der Waals surface area contributed by atoms with E-state index in [4.69, 9.17) is 11.6 Å². The summed E-state index contributed by atoms with van der Waals surface area (Å²) >= 11 is 5.99. The van der Waals surface area contributed by atoms with Crippen LogP contribution >= 0.6 is 11.6 Å². The zero-order valence-electron chi connectivity index (χ0n) is 17.0. The highest BCUT2D eigenvalue weighted by molar-refractivity contribution is 6.30. The Kier molecular flexibility index (Phi) is 4.75. The Bertz CT molecular complexity index is 1300. The van der Waals surface area contributed by atoms with E-state index in [1.54, 1.807) is 23.0 Å². The lowest BCUT2D eigenvalue weighted by atomic mass is 9.84. The van der Waals surface area contributed by atoms with Gasteiger partial charge in [-0.05, 0) is 37.1 Å². The van der Waals surface area contributed by atoms with Gasteiger partial charge in [-0.2, -0.15) is 14.9 Å². The number of nitrogens with zero attached hydrogens (tertiary/aromatic N) is 5. The van der Waals surface area contributed by atoms with E-state index in [0.717, 1.165) is 27.9 Å². The molecule has 8 heteroatoms. The number of hydrogen-bond acceptors (Lipinski definition) is 5. The van der Waals surface area contributed by atoms with Gasteiger partial charge in [0.1, 0.15) is 5.82 Å². The molecule has 1 aliphatic rings. The van der Waals surface area contributed by atoms with E-state index in [1.807, 2.05) is 31.2 Å². The van der Waals surface area contributed by atoms with Gasteiger partial charge in [-0.25, -0.2) is 4.98 Å². The summed E-state index contributed by atoms with van der Waals surface area (Å²) in [4.78, 5) is 17.2. The van der Waals surface area contributed by atoms with Crippen LogP contribution in [0.15, 0.2) is 54.7 Å². The summed E-state index contributed by atoms with van der Waals surface area (Å²) in [6.45, 7) is 4.00. The standard InChI is InChI=1S/C23H19ClN6O/c1-13-5-3-4-6-17(13)18-11-20(31)27-22-21(18)14(2)29-30(22)23-26-19(12-25-28-23)15-7-9-16(24)10-8-15/h3-10,12,18H,11H2,1-2H3,(H,27,31)/t18-/m0/s1. The van der Waals surface area contributed by atoms with Crippen molar-refractivity contribution in [1.82, 2.24) is 25.0 Å². The predicted molar refractivity (Wildman–Crippen MR) is 118 cm³/mol. The molecule has 0 aliphatic carbocycles. The van der Waals surface area contributed by atoms with Crippen LogP contribution in [-0.4, -0.2) is 30.9 Å². The molecule has 2 aromatic carbocycles. The quantitative estimate of drug-likeness (QED) is 0.518. The second kappa shape index (κ2) is 7.59. The number of aryl methyl sites for hydroxylation is 2. The fourth-order valence-electron chi connectivity index (χ4n) is 4.08. The zero-order chi connectivity index (χ0) is 21.5. The van der Waals surface area contributed by atoms with Crippen LogP contribution in [0.25, 0.3) is 17.2 Å². The highest BCUT2D eigenvalue weighted by Crippen LogP contribution is 2.40. The van der Waals surface area contributed by atoms with Crippen LogP contribution in [-0.2, 0) is 4.79 Å². The first kappa shape index (κ1) is 19.4. The molecule has 7 nitrogen and oxygen atoms in total. The van der Waals surface area contributed by atoms with Crippen molar-refractivity contribution in [3.05, 3.63) is 82.1 Å². The van der Waals surface area contributed by atoms with E-state index >= 15 is 0 Å². The van der Waals surface area contributed by atoms with Crippen molar-refractivity contribution in [3.8, 4) is 17.2 Å². The number of anilines is 1. The van der Waals surface area contributed by atoms with Crippen molar-refractivity contribution in [1.29, 1.82) is 0 Å². The molecule has 0 bridgehead atoms. The summed E-state index contributed by atoms with van der Waals surface area (Å²) in [6, 6.07) is 15.5. The average Bonchev–Trinajstić information content (AvgIpc) is 3.10. The monoisotopic (exact) mass is 430 g/mol. The fourth-order valence-corrected chi connectivity index (χ4v) is 4.20. The van der Waals surface area contributed by atoms with Crippen molar-refractivity contribution in [3.63, 3.8) is 0 Å². The van der Waals surface area contributed by atoms with Gasteiger partial charge in [-0.15, -0.1) is 5.10 Å². The van der Waals surface area contributed by atoms with Gasteiger partial charge in [-0.3, -0.25) is 4.79 Å². The van der Waals surface area contributed by atoms with Gasteiger partial charge in [0.2, 0.25) is 5.91 Å². The Hall–Kier alpha value is -3.58. The highest BCUT2D eigenvalue weighted by Gasteiger charge is 2.33. The third-order valence-corrected chi connectivity index (χ3v) is 5.80. The number of carbonyl (C=O) groups excluding carboxylic acids is 1. The molecule has 1 aliphatic heterocycles. The first-order valence-corrected chi connectivity index (χ1v) is 10.3. The maximum absolute atomic E-state index is 12.6. The first-order valence-electron chi connectivity index (χ1n) is 9.92. The van der Waals surface area contributed by atoms with Crippen LogP contribution in [0.4, 0.5) is 5.82 Å². The summed E-state index contributed by atoms with van der Waals surface area (Å²) in [5, 5.41) is 16.6. The molecular weight excluding hydrogens is 412 g/mol. The maximum atomic E-state index is 12.6. The number of halogens is 1. The Morgan fingerprint density at radius 3 is 2.65 bits per heavy atom. The van der Waals surface area contributed by atoms with E-state index in [-0.39, 0.29) is 11.8 Å². The van der Waals surface area contributed by atoms with Gasteiger partial charge in [-0.1, -0.05) is 48.0 Å². The van der Waals surface area contributed by atoms with Crippen LogP contribution in [0.1, 0.15) is 34.7 Å². The lowest BCUT2D eigenvalue weighted by Gasteiger charge is -2.25. The van der Waals surface area contributed by atoms with Gasteiger partial charge < -0.3 is 5.32 Å². The number of rotatable bonds is 3. The minimum atomic E-state index is -0.0777. The van der Waals surface area contributed by atoms with E-state index in [2.05, 4.69) is 44.7 Å². The molecule has 154 valence electrons. The van der Waals surface area contributed by atoms with E-state index in [9.17, 15) is 4.79 Å². The first-order chi connectivity index (χ1) is 15.0. The van der Waals surface area contributed by atoms with Gasteiger partial charge in [0.05, 0.1) is 17.6 Å². The molecule has 31 heavy (non-hydrogen) atoms. The van der Waals surface area contributed by atoms with Gasteiger partial charge >= 0.3 is 0 Å². The zero-order valence-corrected chi connectivity index (χ0v) is 17.8. The average molecular weight is 431 g/mol. The Morgan fingerprint density at radius 2 is 1.87 bits per heavy atom. The topological polar surface area (TPSA) is 85.6 Å². The molecule has 0 spiro atoms. The second-order valence-electron chi connectivity index (χ2n) is 7.57. The summed E-state index contributed by atoms with van der Waals surface area (Å²) in [7, 11) is 0. The van der Waals surface area contributed by atoms with Crippen molar-refractivity contribution in [2.45, 2.75) is 26.2 Å². The number of fused-ring (bicyclic) bond motifs is 1. The summed E-state index contributed by atoms with van der Waals surface area (Å²) in [5.41, 5.74) is 5.57. The number of benzene rings is 2. The van der Waals surface area contributed by atoms with Gasteiger partial charge in [0.25, 0.3) is 5.95 Å². The van der Waals surface area contributed by atoms with Crippen LogP contribution < -0.4 is 5.32 Å². The molecule has 3 heterocycles. The lowest BCUT2D eigenvalue weighted by Crippen LogP contribution is -2.25. The molecule has 1 atom stereocenters. The van der Waals surface area contributed by atoms with E-state index in [1.165, 1.54) is 0 Å². The Labute approximate surface area is 184 Å². The minimum Gasteiger partial charge on any atom is -0.310 e. The van der Waals surface area contributed by atoms with Crippen LogP contribution in [0.5, 0.6) is 0 Å². The summed E-state index contributed by atoms with van der Waals surface area (Å²) in [5.74, 6) is 0.745. The molecule has 4 aromatic rings. The normalized spacial score (nSPS) is 15.5. The molecule has 0 fully saturated rings. The third-order valence-electron chi connectivity index (χ3n) is 5.54. The van der Waals surface area contributed by atoms with Crippen LogP contribution in [0.2, 0.25) is 5.02 Å². The number of carbonyl (C=O) groups is 1. The number of amides is 1. The molecule has 0 unspecified atom stereocenters. The molecular formula is C23H19ClN6O. The molecule has 2 aromatic heterocycles. The fraction of sp³-hybridized carbons (Fsp3) is 0.174. The van der Waals surface area contributed by atoms with Crippen molar-refractivity contribution < 1.29 is 4.79 Å². The van der Waals surface area contributed by atoms with E-state index < -0.39 is 0 Å². The largest absolute Gasteiger partial charge is 0.310 e. The van der Waals surface area contributed by atoms with Crippen molar-refractivity contribution >= 4 is 23.3 Å². The number of nitrogens with one attached hydrogen (secondary N) is 1. The molecule has 0 saturated carbocycles.